The summed E-state index contributed by atoms with van der Waals surface area (Å²) in [7, 11) is 0. The van der Waals surface area contributed by atoms with Crippen LogP contribution in [0.4, 0.5) is 4.39 Å². The second-order valence-electron chi connectivity index (χ2n) is 9.08. The first-order valence-corrected chi connectivity index (χ1v) is 11.6. The van der Waals surface area contributed by atoms with Gasteiger partial charge < -0.3 is 14.2 Å². The second-order valence-corrected chi connectivity index (χ2v) is 9.08. The highest BCUT2D eigenvalue weighted by molar-refractivity contribution is 5.96. The van der Waals surface area contributed by atoms with Crippen LogP contribution in [0.2, 0.25) is 0 Å². The Morgan fingerprint density at radius 3 is 2.85 bits per heavy atom. The number of hydrogen-bond acceptors (Lipinski definition) is 4. The maximum atomic E-state index is 14.5. The van der Waals surface area contributed by atoms with Gasteiger partial charge in [0, 0.05) is 56.9 Å². The molecular weight excluding hydrogens is 429 g/mol. The Kier molecular flexibility index (Phi) is 6.87. The van der Waals surface area contributed by atoms with Gasteiger partial charge in [-0.05, 0) is 63.6 Å². The van der Waals surface area contributed by atoms with E-state index in [4.69, 9.17) is 6.58 Å². The Balaban J connectivity index is 1.52. The lowest BCUT2D eigenvalue weighted by atomic mass is 10.1. The molecule has 34 heavy (non-hydrogen) atoms. The van der Waals surface area contributed by atoms with E-state index in [2.05, 4.69) is 33.5 Å². The number of aryl methyl sites for hydroxylation is 1. The summed E-state index contributed by atoms with van der Waals surface area (Å²) in [5.74, 6) is -0.542. The lowest BCUT2D eigenvalue weighted by Gasteiger charge is -2.42. The Morgan fingerprint density at radius 1 is 1.32 bits per heavy atom. The average Bonchev–Trinajstić information content (AvgIpc) is 3.19. The number of aromatic nitrogens is 2. The maximum absolute atomic E-state index is 14.5. The number of fused-ring (bicyclic) bond motifs is 1. The predicted octanol–water partition coefficient (Wildman–Crippen LogP) is 3.96. The molecule has 2 aliphatic heterocycles. The van der Waals surface area contributed by atoms with Crippen molar-refractivity contribution >= 4 is 17.1 Å². The first-order valence-electron chi connectivity index (χ1n) is 11.6. The molecule has 2 aromatic heterocycles. The molecule has 7 heteroatoms. The highest BCUT2D eigenvalue weighted by Gasteiger charge is 2.26. The highest BCUT2D eigenvalue weighted by Crippen LogP contribution is 2.23. The normalized spacial score (nSPS) is 21.6. The minimum absolute atomic E-state index is 0.0697. The van der Waals surface area contributed by atoms with Gasteiger partial charge in [-0.3, -0.25) is 9.69 Å². The third kappa shape index (κ3) is 4.91. The smallest absolute Gasteiger partial charge is 0.251 e. The van der Waals surface area contributed by atoms with Crippen molar-refractivity contribution in [3.05, 3.63) is 84.0 Å². The molecule has 0 saturated carbocycles. The fourth-order valence-electron chi connectivity index (χ4n) is 4.49. The van der Waals surface area contributed by atoms with Crippen LogP contribution in [0.15, 0.2) is 60.4 Å². The number of rotatable bonds is 5. The number of pyridine rings is 1. The molecule has 2 aromatic rings. The van der Waals surface area contributed by atoms with E-state index in [9.17, 15) is 9.18 Å². The third-order valence-electron chi connectivity index (χ3n) is 6.51. The summed E-state index contributed by atoms with van der Waals surface area (Å²) in [4.78, 5) is 23.8. The Morgan fingerprint density at radius 2 is 2.12 bits per heavy atom. The molecule has 0 spiro atoms. The molecule has 0 aliphatic carbocycles. The Hall–Kier alpha value is -3.41. The maximum Gasteiger partial charge on any atom is 0.251 e. The molecule has 2 aliphatic rings. The van der Waals surface area contributed by atoms with E-state index in [0.29, 0.717) is 17.2 Å². The van der Waals surface area contributed by atoms with Crippen molar-refractivity contribution in [2.24, 2.45) is 0 Å². The van der Waals surface area contributed by atoms with E-state index in [-0.39, 0.29) is 17.6 Å². The first kappa shape index (κ1) is 23.7. The topological polar surface area (TPSA) is 44.1 Å². The number of carbonyl (C=O) groups excluding carboxylic acids is 1. The second kappa shape index (κ2) is 9.84. The number of amides is 1. The summed E-state index contributed by atoms with van der Waals surface area (Å²) in [5, 5.41) is 0. The fraction of sp³-hybridized carbons (Fsp3) is 0.370. The zero-order valence-corrected chi connectivity index (χ0v) is 20.2. The summed E-state index contributed by atoms with van der Waals surface area (Å²) in [6.45, 7) is 16.6. The lowest BCUT2D eigenvalue weighted by molar-refractivity contribution is -0.124. The minimum Gasteiger partial charge on any atom is -0.368 e. The molecule has 177 valence electrons. The molecule has 6 nitrogen and oxygen atoms in total. The molecule has 1 radical (unpaired) electrons. The van der Waals surface area contributed by atoms with Crippen molar-refractivity contribution < 1.29 is 9.18 Å². The van der Waals surface area contributed by atoms with Crippen LogP contribution < -0.4 is 0 Å². The molecule has 0 N–H and O–H groups in total. The molecule has 1 saturated heterocycles. The van der Waals surface area contributed by atoms with Crippen LogP contribution >= 0.6 is 0 Å². The van der Waals surface area contributed by atoms with Gasteiger partial charge in [0.05, 0.1) is 17.4 Å². The number of piperazine rings is 1. The van der Waals surface area contributed by atoms with Crippen LogP contribution in [-0.4, -0.2) is 68.3 Å². The molecule has 2 atom stereocenters. The number of nitrogens with zero attached hydrogens (tertiary/aromatic N) is 5. The van der Waals surface area contributed by atoms with Crippen molar-refractivity contribution in [2.45, 2.75) is 39.8 Å². The van der Waals surface area contributed by atoms with Gasteiger partial charge >= 0.3 is 0 Å². The van der Waals surface area contributed by atoms with E-state index in [0.717, 1.165) is 37.6 Å². The fourth-order valence-corrected chi connectivity index (χ4v) is 4.49. The van der Waals surface area contributed by atoms with Crippen LogP contribution in [0.3, 0.4) is 0 Å². The van der Waals surface area contributed by atoms with E-state index in [1.807, 2.05) is 39.1 Å². The van der Waals surface area contributed by atoms with Crippen molar-refractivity contribution in [3.63, 3.8) is 0 Å². The van der Waals surface area contributed by atoms with Crippen LogP contribution in [0.25, 0.3) is 11.2 Å². The van der Waals surface area contributed by atoms with Crippen LogP contribution in [-0.2, 0) is 4.79 Å². The van der Waals surface area contributed by atoms with E-state index in [1.165, 1.54) is 6.07 Å². The number of hydrogen-bond donors (Lipinski definition) is 0. The standard InChI is InChI=1S/C27H31FN5O/c1-6-7-10-30-11-12-31(16-22(30)5)24-9-8-21(4)33(18-24)26(34)13-19(2)23-14-25(28)27-29-20(3)15-32(27)17-23/h1,7-9,13-15,17-18,21-22H,10-12,16H2,2-5H3/b19-13+/t6?,21?,22-/m0/s1. The Labute approximate surface area is 200 Å². The molecule has 1 amide bonds. The van der Waals surface area contributed by atoms with Crippen molar-refractivity contribution in [3.8, 4) is 0 Å². The summed E-state index contributed by atoms with van der Waals surface area (Å²) in [5.41, 5.74) is 5.98. The van der Waals surface area contributed by atoms with Crippen molar-refractivity contribution in [1.82, 2.24) is 24.1 Å². The van der Waals surface area contributed by atoms with Crippen molar-refractivity contribution in [2.75, 3.05) is 26.2 Å². The van der Waals surface area contributed by atoms with Gasteiger partial charge in [-0.2, -0.15) is 0 Å². The first-order chi connectivity index (χ1) is 16.3. The van der Waals surface area contributed by atoms with Gasteiger partial charge in [0.2, 0.25) is 0 Å². The van der Waals surface area contributed by atoms with Crippen LogP contribution in [0.1, 0.15) is 32.0 Å². The lowest BCUT2D eigenvalue weighted by Crippen LogP contribution is -2.51. The van der Waals surface area contributed by atoms with Gasteiger partial charge in [0.25, 0.3) is 5.91 Å². The molecule has 0 bridgehead atoms. The highest BCUT2D eigenvalue weighted by atomic mass is 19.1. The Bertz CT molecular complexity index is 1230. The van der Waals surface area contributed by atoms with Gasteiger partial charge in [-0.1, -0.05) is 6.08 Å². The van der Waals surface area contributed by atoms with Gasteiger partial charge in [0.15, 0.2) is 11.5 Å². The molecule has 1 unspecified atom stereocenters. The molecule has 1 fully saturated rings. The molecular formula is C27H31FN5O. The van der Waals surface area contributed by atoms with E-state index in [1.54, 1.807) is 27.8 Å². The van der Waals surface area contributed by atoms with Gasteiger partial charge in [0.1, 0.15) is 0 Å². The average molecular weight is 461 g/mol. The van der Waals surface area contributed by atoms with E-state index >= 15 is 0 Å². The molecule has 4 rings (SSSR count). The van der Waals surface area contributed by atoms with Gasteiger partial charge in [-0.15, -0.1) is 5.73 Å². The third-order valence-corrected chi connectivity index (χ3v) is 6.51. The SMILES string of the molecule is [CH]=C=CCN1CCN(C2=CN(C(=O)/C=C(\C)c3cc(F)c4nc(C)cn4c3)C(C)C=C2)C[C@@H]1C. The summed E-state index contributed by atoms with van der Waals surface area (Å²) < 4.78 is 16.2. The molecule has 4 heterocycles. The van der Waals surface area contributed by atoms with Gasteiger partial charge in [-0.25, -0.2) is 9.37 Å². The quantitative estimate of drug-likeness (QED) is 0.501. The van der Waals surface area contributed by atoms with Crippen LogP contribution in [0, 0.1) is 19.3 Å². The predicted molar refractivity (Wildman–Crippen MR) is 132 cm³/mol. The monoisotopic (exact) mass is 460 g/mol. The number of carbonyl (C=O) groups is 1. The summed E-state index contributed by atoms with van der Waals surface area (Å²) >= 11 is 0. The van der Waals surface area contributed by atoms with Crippen molar-refractivity contribution in [1.29, 1.82) is 0 Å². The zero-order valence-electron chi connectivity index (χ0n) is 20.2. The van der Waals surface area contributed by atoms with Crippen LogP contribution in [0.5, 0.6) is 0 Å². The number of imidazole rings is 1. The zero-order chi connectivity index (χ0) is 24.4. The minimum atomic E-state index is -0.407. The summed E-state index contributed by atoms with van der Waals surface area (Å²) in [6, 6.07) is 1.72. The van der Waals surface area contributed by atoms with E-state index < -0.39 is 5.82 Å². The largest absolute Gasteiger partial charge is 0.368 e. The molecule has 0 aromatic carbocycles. The summed E-state index contributed by atoms with van der Waals surface area (Å²) in [6.07, 6.45) is 13.1. The number of halogens is 1. The number of allylic oxidation sites excluding steroid dienone is 2.